The molecular formula is C13H15N3O2. The number of esters is 1. The van der Waals surface area contributed by atoms with E-state index in [2.05, 4.69) is 14.9 Å². The van der Waals surface area contributed by atoms with Crippen molar-refractivity contribution in [2.75, 3.05) is 7.11 Å². The third kappa shape index (κ3) is 2.41. The van der Waals surface area contributed by atoms with E-state index >= 15 is 0 Å². The molecule has 1 atom stereocenters. The Morgan fingerprint density at radius 2 is 2.33 bits per heavy atom. The molecule has 0 aliphatic carbocycles. The highest BCUT2D eigenvalue weighted by Crippen LogP contribution is 2.18. The van der Waals surface area contributed by atoms with E-state index < -0.39 is 12.0 Å². The molecule has 0 saturated carbocycles. The molecule has 0 aliphatic heterocycles. The van der Waals surface area contributed by atoms with Crippen LogP contribution in [0.3, 0.4) is 0 Å². The smallest absolute Gasteiger partial charge is 0.326 e. The van der Waals surface area contributed by atoms with Crippen molar-refractivity contribution in [3.05, 3.63) is 35.5 Å². The average Bonchev–Trinajstić information content (AvgIpc) is 2.83. The lowest BCUT2D eigenvalue weighted by atomic mass is 10.1. The highest BCUT2D eigenvalue weighted by Gasteiger charge is 2.09. The lowest BCUT2D eigenvalue weighted by Crippen LogP contribution is -2.28. The first-order valence-electron chi connectivity index (χ1n) is 5.57. The monoisotopic (exact) mass is 245 g/mol. The lowest BCUT2D eigenvalue weighted by molar-refractivity contribution is -0.140. The maximum atomic E-state index is 11.2. The number of benzene rings is 1. The van der Waals surface area contributed by atoms with Crippen molar-refractivity contribution < 1.29 is 9.53 Å². The first-order valence-corrected chi connectivity index (χ1v) is 5.57. The molecule has 1 unspecified atom stereocenters. The number of rotatable bonds is 3. The number of methoxy groups -OCH3 is 1. The van der Waals surface area contributed by atoms with E-state index in [4.69, 9.17) is 5.73 Å². The number of hydrogen-bond acceptors (Lipinski definition) is 4. The predicted octanol–water partition coefficient (Wildman–Crippen LogP) is 1.38. The molecule has 1 aromatic heterocycles. The van der Waals surface area contributed by atoms with Crippen LogP contribution in [0.2, 0.25) is 0 Å². The topological polar surface area (TPSA) is 81.0 Å². The fourth-order valence-corrected chi connectivity index (χ4v) is 1.79. The summed E-state index contributed by atoms with van der Waals surface area (Å²) < 4.78 is 4.55. The normalized spacial score (nSPS) is 13.1. The molecule has 2 rings (SSSR count). The van der Waals surface area contributed by atoms with Gasteiger partial charge in [-0.15, -0.1) is 0 Å². The molecule has 5 heteroatoms. The Kier molecular flexibility index (Phi) is 3.43. The van der Waals surface area contributed by atoms with Gasteiger partial charge < -0.3 is 10.5 Å². The second-order valence-corrected chi connectivity index (χ2v) is 4.08. The van der Waals surface area contributed by atoms with Gasteiger partial charge in [0.05, 0.1) is 18.8 Å². The summed E-state index contributed by atoms with van der Waals surface area (Å²) >= 11 is 0. The quantitative estimate of drug-likeness (QED) is 0.800. The number of carbonyl (C=O) groups excluding carboxylic acids is 1. The van der Waals surface area contributed by atoms with E-state index in [9.17, 15) is 4.79 Å². The van der Waals surface area contributed by atoms with Gasteiger partial charge in [-0.25, -0.2) is 0 Å². The van der Waals surface area contributed by atoms with Crippen molar-refractivity contribution in [2.45, 2.75) is 13.0 Å². The minimum absolute atomic E-state index is 0.452. The summed E-state index contributed by atoms with van der Waals surface area (Å²) in [6, 6.07) is 3.24. The minimum atomic E-state index is -0.740. The number of nitrogens with one attached hydrogen (secondary N) is 1. The second-order valence-electron chi connectivity index (χ2n) is 4.08. The van der Waals surface area contributed by atoms with Crippen molar-refractivity contribution in [2.24, 2.45) is 5.73 Å². The van der Waals surface area contributed by atoms with Gasteiger partial charge in [0.25, 0.3) is 0 Å². The van der Waals surface area contributed by atoms with Crippen molar-refractivity contribution >= 4 is 22.9 Å². The molecule has 3 N–H and O–H groups in total. The molecule has 0 amide bonds. The predicted molar refractivity (Wildman–Crippen MR) is 69.9 cm³/mol. The fraction of sp³-hybridized carbons (Fsp3) is 0.231. The summed E-state index contributed by atoms with van der Waals surface area (Å²) in [7, 11) is 1.32. The Bertz CT molecular complexity index is 601. The summed E-state index contributed by atoms with van der Waals surface area (Å²) in [5.41, 5.74) is 8.71. The van der Waals surface area contributed by atoms with Crippen molar-refractivity contribution in [1.29, 1.82) is 0 Å². The number of H-pyrrole nitrogens is 1. The van der Waals surface area contributed by atoms with Gasteiger partial charge in [0, 0.05) is 5.39 Å². The van der Waals surface area contributed by atoms with Gasteiger partial charge in [-0.3, -0.25) is 9.89 Å². The Morgan fingerprint density at radius 3 is 3.06 bits per heavy atom. The summed E-state index contributed by atoms with van der Waals surface area (Å²) in [6.45, 7) is 2.00. The largest absolute Gasteiger partial charge is 0.468 e. The van der Waals surface area contributed by atoms with Gasteiger partial charge in [0.15, 0.2) is 0 Å². The van der Waals surface area contributed by atoms with Gasteiger partial charge in [-0.05, 0) is 30.2 Å². The van der Waals surface area contributed by atoms with Crippen LogP contribution in [0.4, 0.5) is 0 Å². The standard InChI is InChI=1S/C13H15N3O2/c1-8-5-9(3-4-11(14)13(17)18-2)6-10-7-15-16-12(8)10/h3-7,11H,14H2,1-2H3,(H,15,16). The third-order valence-corrected chi connectivity index (χ3v) is 2.74. The van der Waals surface area contributed by atoms with Crippen molar-refractivity contribution in [3.8, 4) is 0 Å². The number of fused-ring (bicyclic) bond motifs is 1. The van der Waals surface area contributed by atoms with Crippen LogP contribution in [0.1, 0.15) is 11.1 Å². The van der Waals surface area contributed by atoms with Gasteiger partial charge in [-0.2, -0.15) is 5.10 Å². The molecule has 0 aliphatic rings. The van der Waals surface area contributed by atoms with Crippen LogP contribution >= 0.6 is 0 Å². The first-order chi connectivity index (χ1) is 8.61. The lowest BCUT2D eigenvalue weighted by Gasteiger charge is -2.03. The maximum Gasteiger partial charge on any atom is 0.326 e. The van der Waals surface area contributed by atoms with E-state index in [0.29, 0.717) is 0 Å². The van der Waals surface area contributed by atoms with Crippen LogP contribution in [-0.2, 0) is 9.53 Å². The molecule has 0 spiro atoms. The van der Waals surface area contributed by atoms with Crippen LogP contribution < -0.4 is 5.73 Å². The van der Waals surface area contributed by atoms with Gasteiger partial charge >= 0.3 is 5.97 Å². The first kappa shape index (κ1) is 12.3. The Hall–Kier alpha value is -2.14. The molecular weight excluding hydrogens is 230 g/mol. The Labute approximate surface area is 105 Å². The van der Waals surface area contributed by atoms with Crippen LogP contribution in [0.5, 0.6) is 0 Å². The van der Waals surface area contributed by atoms with E-state index in [-0.39, 0.29) is 0 Å². The third-order valence-electron chi connectivity index (χ3n) is 2.74. The maximum absolute atomic E-state index is 11.2. The summed E-state index contributed by atoms with van der Waals surface area (Å²) in [4.78, 5) is 11.2. The number of hydrogen-bond donors (Lipinski definition) is 2. The molecule has 0 fully saturated rings. The fourth-order valence-electron chi connectivity index (χ4n) is 1.79. The zero-order valence-corrected chi connectivity index (χ0v) is 10.3. The van der Waals surface area contributed by atoms with Crippen molar-refractivity contribution in [1.82, 2.24) is 10.2 Å². The SMILES string of the molecule is COC(=O)C(N)C=Cc1cc(C)c2[nH]ncc2c1. The highest BCUT2D eigenvalue weighted by atomic mass is 16.5. The number of aromatic nitrogens is 2. The Morgan fingerprint density at radius 1 is 1.56 bits per heavy atom. The van der Waals surface area contributed by atoms with Crippen LogP contribution in [0.25, 0.3) is 17.0 Å². The molecule has 2 aromatic rings. The number of aryl methyl sites for hydroxylation is 1. The van der Waals surface area contributed by atoms with E-state index in [1.165, 1.54) is 7.11 Å². The average molecular weight is 245 g/mol. The van der Waals surface area contributed by atoms with E-state index in [1.54, 1.807) is 18.3 Å². The zero-order chi connectivity index (χ0) is 13.1. The molecule has 5 nitrogen and oxygen atoms in total. The molecule has 0 bridgehead atoms. The molecule has 1 aromatic carbocycles. The van der Waals surface area contributed by atoms with Gasteiger partial charge in [0.2, 0.25) is 0 Å². The number of nitrogens with two attached hydrogens (primary N) is 1. The molecule has 18 heavy (non-hydrogen) atoms. The van der Waals surface area contributed by atoms with E-state index in [1.807, 2.05) is 19.1 Å². The van der Waals surface area contributed by atoms with Crippen LogP contribution in [-0.4, -0.2) is 29.3 Å². The second kappa shape index (κ2) is 5.01. The molecule has 94 valence electrons. The number of aromatic amines is 1. The van der Waals surface area contributed by atoms with E-state index in [0.717, 1.165) is 22.0 Å². The van der Waals surface area contributed by atoms with Gasteiger partial charge in [-0.1, -0.05) is 12.2 Å². The summed E-state index contributed by atoms with van der Waals surface area (Å²) in [5.74, 6) is -0.452. The summed E-state index contributed by atoms with van der Waals surface area (Å²) in [5, 5.41) is 7.96. The van der Waals surface area contributed by atoms with Crippen molar-refractivity contribution in [3.63, 3.8) is 0 Å². The number of carbonyl (C=O) groups is 1. The highest BCUT2D eigenvalue weighted by molar-refractivity contribution is 5.84. The molecule has 0 radical (unpaired) electrons. The van der Waals surface area contributed by atoms with Gasteiger partial charge in [0.1, 0.15) is 6.04 Å². The molecule has 0 saturated heterocycles. The summed E-state index contributed by atoms with van der Waals surface area (Å²) in [6.07, 6.45) is 5.19. The minimum Gasteiger partial charge on any atom is -0.468 e. The zero-order valence-electron chi connectivity index (χ0n) is 10.3. The number of ether oxygens (including phenoxy) is 1. The Balaban J connectivity index is 2.26. The van der Waals surface area contributed by atoms with Crippen LogP contribution in [0.15, 0.2) is 24.4 Å². The van der Waals surface area contributed by atoms with Crippen LogP contribution in [0, 0.1) is 6.92 Å². The molecule has 1 heterocycles. The number of nitrogens with zero attached hydrogens (tertiary/aromatic N) is 1.